The summed E-state index contributed by atoms with van der Waals surface area (Å²) in [5, 5.41) is 0. The number of nitrogens with zero attached hydrogens (tertiary/aromatic N) is 3. The number of hydrogen-bond acceptors (Lipinski definition) is 3. The van der Waals surface area contributed by atoms with E-state index < -0.39 is 0 Å². The van der Waals surface area contributed by atoms with E-state index in [2.05, 4.69) is 30.1 Å². The molecule has 146 valence electrons. The molecule has 5 nitrogen and oxygen atoms in total. The number of anilines is 1. The van der Waals surface area contributed by atoms with E-state index in [1.807, 2.05) is 48.5 Å². The van der Waals surface area contributed by atoms with E-state index in [0.717, 1.165) is 33.5 Å². The summed E-state index contributed by atoms with van der Waals surface area (Å²) in [6.07, 6.45) is 3.41. The zero-order valence-electron chi connectivity index (χ0n) is 16.5. The monoisotopic (exact) mass is 392 g/mol. The molecule has 0 amide bonds. The van der Waals surface area contributed by atoms with Crippen LogP contribution < -0.4 is 11.4 Å². The van der Waals surface area contributed by atoms with Crippen LogP contribution in [0.5, 0.6) is 0 Å². The fraction of sp³-hybridized carbons (Fsp3) is 0.0400. The van der Waals surface area contributed by atoms with Gasteiger partial charge >= 0.3 is 5.69 Å². The van der Waals surface area contributed by atoms with E-state index in [1.54, 1.807) is 33.7 Å². The Hall–Kier alpha value is -4.12. The fourth-order valence-corrected chi connectivity index (χ4v) is 3.84. The summed E-state index contributed by atoms with van der Waals surface area (Å²) in [6, 6.07) is 25.5. The molecule has 0 spiro atoms. The summed E-state index contributed by atoms with van der Waals surface area (Å²) >= 11 is 0. The molecule has 5 rings (SSSR count). The molecule has 0 saturated heterocycles. The smallest absolute Gasteiger partial charge is 0.338 e. The van der Waals surface area contributed by atoms with Gasteiger partial charge in [-0.1, -0.05) is 48.0 Å². The van der Waals surface area contributed by atoms with Gasteiger partial charge in [-0.05, 0) is 54.4 Å². The van der Waals surface area contributed by atoms with Crippen molar-refractivity contribution in [1.82, 2.24) is 14.1 Å². The number of aromatic nitrogens is 3. The maximum absolute atomic E-state index is 13.5. The molecule has 0 unspecified atom stereocenters. The Morgan fingerprint density at radius 3 is 2.30 bits per heavy atom. The lowest BCUT2D eigenvalue weighted by molar-refractivity contribution is 0.931. The third kappa shape index (κ3) is 2.97. The number of fused-ring (bicyclic) bond motifs is 1. The van der Waals surface area contributed by atoms with Crippen molar-refractivity contribution in [3.63, 3.8) is 0 Å². The third-order valence-corrected chi connectivity index (χ3v) is 5.25. The van der Waals surface area contributed by atoms with E-state index in [-0.39, 0.29) is 5.69 Å². The van der Waals surface area contributed by atoms with Crippen LogP contribution in [-0.2, 0) is 0 Å². The lowest BCUT2D eigenvalue weighted by Crippen LogP contribution is -2.22. The van der Waals surface area contributed by atoms with Crippen molar-refractivity contribution in [2.75, 3.05) is 5.73 Å². The lowest BCUT2D eigenvalue weighted by Gasteiger charge is -2.07. The van der Waals surface area contributed by atoms with Crippen molar-refractivity contribution < 1.29 is 0 Å². The number of rotatable bonds is 3. The zero-order valence-corrected chi connectivity index (χ0v) is 16.5. The summed E-state index contributed by atoms with van der Waals surface area (Å²) in [5.41, 5.74) is 12.9. The second kappa shape index (κ2) is 7.04. The lowest BCUT2D eigenvalue weighted by atomic mass is 10.0. The molecule has 0 saturated carbocycles. The molecule has 0 aliphatic carbocycles. The Kier molecular flexibility index (Phi) is 4.21. The normalized spacial score (nSPS) is 11.1. The molecule has 0 fully saturated rings. The van der Waals surface area contributed by atoms with Crippen molar-refractivity contribution in [2.24, 2.45) is 0 Å². The van der Waals surface area contributed by atoms with Gasteiger partial charge in [-0.25, -0.2) is 4.79 Å². The first kappa shape index (κ1) is 17.9. The maximum Gasteiger partial charge on any atom is 0.338 e. The highest BCUT2D eigenvalue weighted by Crippen LogP contribution is 2.24. The van der Waals surface area contributed by atoms with Gasteiger partial charge in [0, 0.05) is 11.9 Å². The Morgan fingerprint density at radius 1 is 0.767 bits per heavy atom. The molecule has 3 aromatic carbocycles. The Morgan fingerprint density at radius 2 is 1.53 bits per heavy atom. The summed E-state index contributed by atoms with van der Waals surface area (Å²) in [5.74, 6) is 0. The summed E-state index contributed by atoms with van der Waals surface area (Å²) < 4.78 is 3.35. The predicted octanol–water partition coefficient (Wildman–Crippen LogP) is 4.73. The predicted molar refractivity (Wildman–Crippen MR) is 121 cm³/mol. The first-order chi connectivity index (χ1) is 14.6. The SMILES string of the molecule is Cc1cccc(-c2ccc(-n3c(=O)n(-c4cccc(N)c4)c4ccncc43)cc2)c1. The molecular formula is C25H20N4O. The average Bonchev–Trinajstić information content (AvgIpc) is 3.05. The van der Waals surface area contributed by atoms with Crippen molar-refractivity contribution in [3.8, 4) is 22.5 Å². The minimum atomic E-state index is -0.160. The number of imidazole rings is 1. The molecule has 2 N–H and O–H groups in total. The van der Waals surface area contributed by atoms with Crippen molar-refractivity contribution in [1.29, 1.82) is 0 Å². The van der Waals surface area contributed by atoms with Crippen LogP contribution in [0.25, 0.3) is 33.5 Å². The number of benzene rings is 3. The van der Waals surface area contributed by atoms with Crippen LogP contribution in [0, 0.1) is 6.92 Å². The van der Waals surface area contributed by atoms with Crippen LogP contribution in [0.2, 0.25) is 0 Å². The van der Waals surface area contributed by atoms with E-state index in [9.17, 15) is 4.79 Å². The van der Waals surface area contributed by atoms with Crippen LogP contribution in [0.3, 0.4) is 0 Å². The number of nitrogen functional groups attached to an aromatic ring is 1. The molecule has 2 aromatic heterocycles. The van der Waals surface area contributed by atoms with Crippen molar-refractivity contribution in [3.05, 3.63) is 107 Å². The molecule has 5 heteroatoms. The van der Waals surface area contributed by atoms with Gasteiger partial charge in [0.15, 0.2) is 0 Å². The van der Waals surface area contributed by atoms with Crippen LogP contribution in [0.1, 0.15) is 5.56 Å². The molecular weight excluding hydrogens is 372 g/mol. The highest BCUT2D eigenvalue weighted by Gasteiger charge is 2.16. The quantitative estimate of drug-likeness (QED) is 0.451. The number of hydrogen-bond donors (Lipinski definition) is 1. The fourth-order valence-electron chi connectivity index (χ4n) is 3.84. The van der Waals surface area contributed by atoms with Crippen LogP contribution in [-0.4, -0.2) is 14.1 Å². The topological polar surface area (TPSA) is 65.8 Å². The first-order valence-corrected chi connectivity index (χ1v) is 9.73. The molecule has 0 aliphatic heterocycles. The van der Waals surface area contributed by atoms with Crippen LogP contribution in [0.15, 0.2) is 96.1 Å². The second-order valence-electron chi connectivity index (χ2n) is 7.33. The Bertz CT molecular complexity index is 1430. The molecule has 30 heavy (non-hydrogen) atoms. The average molecular weight is 392 g/mol. The van der Waals surface area contributed by atoms with E-state index >= 15 is 0 Å². The van der Waals surface area contributed by atoms with Gasteiger partial charge in [0.05, 0.1) is 28.6 Å². The highest BCUT2D eigenvalue weighted by atomic mass is 16.1. The Balaban J connectivity index is 1.68. The molecule has 0 aliphatic rings. The summed E-state index contributed by atoms with van der Waals surface area (Å²) in [6.45, 7) is 2.08. The summed E-state index contributed by atoms with van der Waals surface area (Å²) in [7, 11) is 0. The standard InChI is InChI=1S/C25H20N4O/c1-17-4-2-5-19(14-17)18-8-10-21(11-9-18)28-24-16-27-13-12-23(24)29(25(28)30)22-7-3-6-20(26)15-22/h2-16H,26H2,1H3. The molecule has 0 atom stereocenters. The van der Waals surface area contributed by atoms with E-state index in [1.165, 1.54) is 5.56 Å². The third-order valence-electron chi connectivity index (χ3n) is 5.25. The van der Waals surface area contributed by atoms with Crippen LogP contribution in [0.4, 0.5) is 5.69 Å². The largest absolute Gasteiger partial charge is 0.399 e. The van der Waals surface area contributed by atoms with Gasteiger partial charge in [0.2, 0.25) is 0 Å². The summed E-state index contributed by atoms with van der Waals surface area (Å²) in [4.78, 5) is 17.7. The molecule has 2 heterocycles. The van der Waals surface area contributed by atoms with Gasteiger partial charge in [-0.15, -0.1) is 0 Å². The number of nitrogens with two attached hydrogens (primary N) is 1. The molecule has 0 radical (unpaired) electrons. The van der Waals surface area contributed by atoms with Gasteiger partial charge in [0.25, 0.3) is 0 Å². The zero-order chi connectivity index (χ0) is 20.7. The Labute approximate surface area is 173 Å². The molecule has 0 bridgehead atoms. The van der Waals surface area contributed by atoms with Gasteiger partial charge < -0.3 is 5.73 Å². The van der Waals surface area contributed by atoms with Gasteiger partial charge in [-0.2, -0.15) is 0 Å². The van der Waals surface area contributed by atoms with Crippen molar-refractivity contribution in [2.45, 2.75) is 6.92 Å². The van der Waals surface area contributed by atoms with Gasteiger partial charge in [-0.3, -0.25) is 14.1 Å². The van der Waals surface area contributed by atoms with E-state index in [0.29, 0.717) is 5.69 Å². The van der Waals surface area contributed by atoms with Gasteiger partial charge in [0.1, 0.15) is 0 Å². The van der Waals surface area contributed by atoms with E-state index in [4.69, 9.17) is 5.73 Å². The highest BCUT2D eigenvalue weighted by molar-refractivity contribution is 5.79. The minimum Gasteiger partial charge on any atom is -0.399 e. The van der Waals surface area contributed by atoms with Crippen molar-refractivity contribution >= 4 is 16.7 Å². The molecule has 5 aromatic rings. The second-order valence-corrected chi connectivity index (χ2v) is 7.33. The maximum atomic E-state index is 13.5. The number of pyridine rings is 1. The van der Waals surface area contributed by atoms with Crippen LogP contribution >= 0.6 is 0 Å². The first-order valence-electron chi connectivity index (χ1n) is 9.73. The number of aryl methyl sites for hydroxylation is 1. The minimum absolute atomic E-state index is 0.160.